The summed E-state index contributed by atoms with van der Waals surface area (Å²) in [7, 11) is -2.40. The molecule has 0 bridgehead atoms. The Kier molecular flexibility index (Phi) is 7.28. The Hall–Kier alpha value is -0.876. The number of aryl methyl sites for hydroxylation is 1. The lowest BCUT2D eigenvalue weighted by atomic mass is 9.80. The van der Waals surface area contributed by atoms with Crippen molar-refractivity contribution in [3.05, 3.63) is 28.8 Å². The third-order valence-electron chi connectivity index (χ3n) is 4.05. The third kappa shape index (κ3) is 7.49. The molecule has 136 valence electrons. The highest BCUT2D eigenvalue weighted by Gasteiger charge is 2.28. The van der Waals surface area contributed by atoms with E-state index in [9.17, 15) is 0 Å². The number of fused-ring (bicyclic) bond motifs is 1. The normalized spacial score (nSPS) is 15.7. The number of terminal acetylenes is 1. The van der Waals surface area contributed by atoms with E-state index in [1.54, 1.807) is 0 Å². The van der Waals surface area contributed by atoms with Crippen molar-refractivity contribution in [2.24, 2.45) is 0 Å². The van der Waals surface area contributed by atoms with Crippen LogP contribution in [0.2, 0.25) is 39.3 Å². The number of hydrogen-bond donors (Lipinski definition) is 0. The highest BCUT2D eigenvalue weighted by atomic mass is 32.2. The van der Waals surface area contributed by atoms with Crippen molar-refractivity contribution in [1.82, 2.24) is 0 Å². The van der Waals surface area contributed by atoms with Gasteiger partial charge in [0.25, 0.3) is 0 Å². The fourth-order valence-electron chi connectivity index (χ4n) is 2.27. The second-order valence-corrected chi connectivity index (χ2v) is 20.2. The summed E-state index contributed by atoms with van der Waals surface area (Å²) in [4.78, 5) is 1.47. The zero-order valence-electron chi connectivity index (χ0n) is 17.6. The van der Waals surface area contributed by atoms with Gasteiger partial charge in [0, 0.05) is 10.5 Å². The van der Waals surface area contributed by atoms with Gasteiger partial charge in [-0.1, -0.05) is 59.0 Å². The summed E-state index contributed by atoms with van der Waals surface area (Å²) >= 11 is 2.00. The molecule has 0 saturated carbocycles. The molecule has 0 radical (unpaired) electrons. The van der Waals surface area contributed by atoms with E-state index < -0.39 is 16.1 Å². The minimum atomic E-state index is -1.30. The molecule has 1 heterocycles. The van der Waals surface area contributed by atoms with Gasteiger partial charge in [-0.2, -0.15) is 0 Å². The first kappa shape index (κ1) is 22.2. The van der Waals surface area contributed by atoms with Crippen LogP contribution in [0.4, 0.5) is 0 Å². The van der Waals surface area contributed by atoms with Crippen molar-refractivity contribution >= 4 is 27.9 Å². The predicted molar refractivity (Wildman–Crippen MR) is 122 cm³/mol. The molecule has 0 aliphatic carbocycles. The maximum atomic E-state index is 5.12. The van der Waals surface area contributed by atoms with Gasteiger partial charge in [-0.25, -0.2) is 0 Å². The summed E-state index contributed by atoms with van der Waals surface area (Å²) in [6.45, 7) is 20.2. The van der Waals surface area contributed by atoms with Crippen molar-refractivity contribution < 1.29 is 0 Å². The zero-order valence-corrected chi connectivity index (χ0v) is 20.4. The van der Waals surface area contributed by atoms with Gasteiger partial charge in [-0.15, -0.1) is 29.3 Å². The molecule has 0 aromatic heterocycles. The monoisotopic (exact) mass is 386 g/mol. The predicted octanol–water partition coefficient (Wildman–Crippen LogP) is 6.49. The first-order valence-corrected chi connectivity index (χ1v) is 17.0. The van der Waals surface area contributed by atoms with Crippen LogP contribution in [0.25, 0.3) is 0 Å². The molecular weight excluding hydrogens is 352 g/mol. The fourth-order valence-corrected chi connectivity index (χ4v) is 4.36. The summed E-state index contributed by atoms with van der Waals surface area (Å²) in [6, 6.07) is 4.69. The average Bonchev–Trinajstić information content (AvgIpc) is 2.44. The number of rotatable bonds is 0. The van der Waals surface area contributed by atoms with Crippen LogP contribution in [0.3, 0.4) is 0 Å². The molecule has 2 rings (SSSR count). The first-order valence-electron chi connectivity index (χ1n) is 9.04. The van der Waals surface area contributed by atoms with Crippen LogP contribution in [0.5, 0.6) is 0 Å². The SMILES string of the molecule is C#C[Si](C)(C)C.Cc1cc2c(cc1C#C[Si](C)(C)C)C(C)(C)CCS2. The molecule has 0 spiro atoms. The molecular formula is C22H34SSi2. The fraction of sp³-hybridized carbons (Fsp3) is 0.545. The van der Waals surface area contributed by atoms with Crippen LogP contribution in [0.1, 0.15) is 37.0 Å². The largest absolute Gasteiger partial charge is 0.135 e. The van der Waals surface area contributed by atoms with E-state index in [4.69, 9.17) is 6.42 Å². The van der Waals surface area contributed by atoms with Gasteiger partial charge in [0.05, 0.1) is 0 Å². The Morgan fingerprint density at radius 2 is 1.60 bits per heavy atom. The van der Waals surface area contributed by atoms with Crippen LogP contribution in [-0.4, -0.2) is 21.9 Å². The van der Waals surface area contributed by atoms with Crippen molar-refractivity contribution in [3.63, 3.8) is 0 Å². The van der Waals surface area contributed by atoms with Gasteiger partial charge < -0.3 is 0 Å². The van der Waals surface area contributed by atoms with Crippen LogP contribution in [0.15, 0.2) is 17.0 Å². The Morgan fingerprint density at radius 3 is 2.08 bits per heavy atom. The number of hydrogen-bond acceptors (Lipinski definition) is 1. The van der Waals surface area contributed by atoms with Gasteiger partial charge in [-0.3, -0.25) is 0 Å². The lowest BCUT2D eigenvalue weighted by molar-refractivity contribution is 0.493. The van der Waals surface area contributed by atoms with E-state index >= 15 is 0 Å². The summed E-state index contributed by atoms with van der Waals surface area (Å²) in [5, 5.41) is 0. The van der Waals surface area contributed by atoms with Gasteiger partial charge >= 0.3 is 0 Å². The Balaban J connectivity index is 0.000000450. The van der Waals surface area contributed by atoms with Crippen LogP contribution >= 0.6 is 11.8 Å². The van der Waals surface area contributed by atoms with Gasteiger partial charge in [0.1, 0.15) is 16.1 Å². The summed E-state index contributed by atoms with van der Waals surface area (Å²) in [5.74, 6) is 4.68. The molecule has 0 amide bonds. The topological polar surface area (TPSA) is 0 Å². The van der Waals surface area contributed by atoms with E-state index in [-0.39, 0.29) is 0 Å². The molecule has 3 heteroatoms. The van der Waals surface area contributed by atoms with Crippen LogP contribution in [0, 0.1) is 30.4 Å². The molecule has 1 aliphatic rings. The van der Waals surface area contributed by atoms with Crippen molar-refractivity contribution in [3.8, 4) is 23.4 Å². The first-order chi connectivity index (χ1) is 11.2. The molecule has 0 fully saturated rings. The molecule has 1 aliphatic heterocycles. The minimum Gasteiger partial charge on any atom is -0.135 e. The number of benzene rings is 1. The van der Waals surface area contributed by atoms with E-state index in [0.717, 1.165) is 0 Å². The third-order valence-corrected chi connectivity index (χ3v) is 6.84. The zero-order chi connectivity index (χ0) is 19.5. The van der Waals surface area contributed by atoms with Gasteiger partial charge in [0.2, 0.25) is 0 Å². The Labute approximate surface area is 162 Å². The molecule has 0 N–H and O–H groups in total. The van der Waals surface area contributed by atoms with Crippen molar-refractivity contribution in [2.45, 2.75) is 76.8 Å². The highest BCUT2D eigenvalue weighted by molar-refractivity contribution is 7.99. The summed E-state index contributed by atoms with van der Waals surface area (Å²) in [6.07, 6.45) is 6.38. The molecule has 0 unspecified atom stereocenters. The molecule has 25 heavy (non-hydrogen) atoms. The maximum absolute atomic E-state index is 5.12. The summed E-state index contributed by atoms with van der Waals surface area (Å²) < 4.78 is 0. The van der Waals surface area contributed by atoms with Gasteiger partial charge in [-0.05, 0) is 47.8 Å². The van der Waals surface area contributed by atoms with E-state index in [1.807, 2.05) is 11.8 Å². The van der Waals surface area contributed by atoms with Crippen molar-refractivity contribution in [2.75, 3.05) is 5.75 Å². The lowest BCUT2D eigenvalue weighted by Crippen LogP contribution is -2.23. The molecule has 1 aromatic rings. The molecule has 1 aromatic carbocycles. The van der Waals surface area contributed by atoms with Crippen molar-refractivity contribution in [1.29, 1.82) is 0 Å². The molecule has 0 atom stereocenters. The quantitative estimate of drug-likeness (QED) is 0.362. The highest BCUT2D eigenvalue weighted by Crippen LogP contribution is 2.42. The lowest BCUT2D eigenvalue weighted by Gasteiger charge is -2.32. The second kappa shape index (κ2) is 8.21. The Morgan fingerprint density at radius 1 is 1.04 bits per heavy atom. The molecule has 0 nitrogen and oxygen atoms in total. The van der Waals surface area contributed by atoms with Crippen LogP contribution in [-0.2, 0) is 5.41 Å². The Bertz CT molecular complexity index is 714. The maximum Gasteiger partial charge on any atom is 0.129 e. The second-order valence-electron chi connectivity index (χ2n) is 9.54. The molecule has 0 saturated heterocycles. The smallest absolute Gasteiger partial charge is 0.129 e. The van der Waals surface area contributed by atoms with E-state index in [0.29, 0.717) is 5.41 Å². The minimum absolute atomic E-state index is 0.296. The summed E-state index contributed by atoms with van der Waals surface area (Å²) in [5.41, 5.74) is 10.6. The van der Waals surface area contributed by atoms with Gasteiger partial charge in [0.15, 0.2) is 0 Å². The van der Waals surface area contributed by atoms with E-state index in [1.165, 1.54) is 33.8 Å². The van der Waals surface area contributed by atoms with Crippen LogP contribution < -0.4 is 0 Å². The van der Waals surface area contributed by atoms with E-state index in [2.05, 4.69) is 89.2 Å². The standard InChI is InChI=1S/C17H24SSi.C5H10Si/c1-13-11-16-15(17(2,3)8-9-18-16)12-14(13)7-10-19(4,5)6;1-5-6(2,3)4/h11-12H,8-9H2,1-6H3;1H,2-4H3. The average molecular weight is 387 g/mol. The number of thioether (sulfide) groups is 1.